The Morgan fingerprint density at radius 2 is 1.79 bits per heavy atom. The summed E-state index contributed by atoms with van der Waals surface area (Å²) >= 11 is 0. The van der Waals surface area contributed by atoms with Gasteiger partial charge in [-0.1, -0.05) is 19.8 Å². The van der Waals surface area contributed by atoms with Crippen molar-refractivity contribution in [3.05, 3.63) is 0 Å². The zero-order valence-corrected chi connectivity index (χ0v) is 11.6. The third-order valence-electron chi connectivity index (χ3n) is 3.93. The number of rotatable bonds is 5. The first-order valence-corrected chi connectivity index (χ1v) is 6.67. The zero-order valence-electron chi connectivity index (χ0n) is 11.6. The molecule has 1 radical (unpaired) electrons. The van der Waals surface area contributed by atoms with E-state index in [9.17, 15) is 23.2 Å². The van der Waals surface area contributed by atoms with Crippen molar-refractivity contribution in [3.8, 4) is 0 Å². The van der Waals surface area contributed by atoms with Gasteiger partial charge in [-0.05, 0) is 33.1 Å². The minimum Gasteiger partial charge on any atom is -0.297 e. The number of carbonyl (C=O) groups excluding carboxylic acids is 1. The van der Waals surface area contributed by atoms with E-state index in [0.717, 1.165) is 6.42 Å². The highest BCUT2D eigenvalue weighted by atomic mass is 19.4. The minimum atomic E-state index is -4.81. The number of hydroxylamine groups is 2. The van der Waals surface area contributed by atoms with Crippen LogP contribution in [0.15, 0.2) is 0 Å². The standard InChI is InChI=1S/C13H21F3NO2/c1-4-5-6-7-10(18)12(13(14,15)16)9-8-11(2,3)17(12)19/h4-9H2,1-3H3. The summed E-state index contributed by atoms with van der Waals surface area (Å²) in [6.45, 7) is 4.81. The Morgan fingerprint density at radius 1 is 1.21 bits per heavy atom. The Labute approximate surface area is 111 Å². The van der Waals surface area contributed by atoms with Gasteiger partial charge in [0.2, 0.25) is 5.54 Å². The lowest BCUT2D eigenvalue weighted by molar-refractivity contribution is -0.322. The molecule has 1 aliphatic heterocycles. The molecule has 1 unspecified atom stereocenters. The van der Waals surface area contributed by atoms with E-state index >= 15 is 0 Å². The van der Waals surface area contributed by atoms with Gasteiger partial charge in [0, 0.05) is 12.0 Å². The third-order valence-corrected chi connectivity index (χ3v) is 3.93. The molecule has 1 atom stereocenters. The highest BCUT2D eigenvalue weighted by molar-refractivity contribution is 5.89. The van der Waals surface area contributed by atoms with Gasteiger partial charge in [0.15, 0.2) is 5.78 Å². The van der Waals surface area contributed by atoms with E-state index in [-0.39, 0.29) is 17.9 Å². The fraction of sp³-hybridized carbons (Fsp3) is 0.923. The van der Waals surface area contributed by atoms with Gasteiger partial charge in [-0.15, -0.1) is 10.3 Å². The average molecular weight is 280 g/mol. The van der Waals surface area contributed by atoms with Gasteiger partial charge in [0.25, 0.3) is 0 Å². The third kappa shape index (κ3) is 2.79. The molecule has 0 aromatic rings. The van der Waals surface area contributed by atoms with Gasteiger partial charge in [0.1, 0.15) is 0 Å². The molecule has 19 heavy (non-hydrogen) atoms. The smallest absolute Gasteiger partial charge is 0.297 e. The van der Waals surface area contributed by atoms with E-state index in [1.807, 2.05) is 6.92 Å². The number of hydrogen-bond donors (Lipinski definition) is 0. The second-order valence-corrected chi connectivity index (χ2v) is 5.85. The molecule has 111 valence electrons. The molecule has 1 heterocycles. The molecule has 0 spiro atoms. The van der Waals surface area contributed by atoms with Crippen LogP contribution in [0, 0.1) is 0 Å². The number of unbranched alkanes of at least 4 members (excludes halogenated alkanes) is 2. The van der Waals surface area contributed by atoms with Crippen LogP contribution in [0.4, 0.5) is 13.2 Å². The zero-order chi connectivity index (χ0) is 14.9. The van der Waals surface area contributed by atoms with Crippen LogP contribution in [0.2, 0.25) is 0 Å². The second-order valence-electron chi connectivity index (χ2n) is 5.85. The summed E-state index contributed by atoms with van der Waals surface area (Å²) in [5, 5.41) is 12.0. The predicted octanol–water partition coefficient (Wildman–Crippen LogP) is 3.66. The first-order chi connectivity index (χ1) is 8.59. The topological polar surface area (TPSA) is 40.2 Å². The maximum absolute atomic E-state index is 13.3. The number of nitrogens with zero attached hydrogens (tertiary/aromatic N) is 1. The molecule has 6 heteroatoms. The quantitative estimate of drug-likeness (QED) is 0.721. The SMILES string of the molecule is CCCCCC(=O)C1(C(F)(F)F)CCC(C)(C)N1[O]. The van der Waals surface area contributed by atoms with Crippen molar-refractivity contribution >= 4 is 5.78 Å². The normalized spacial score (nSPS) is 27.7. The lowest BCUT2D eigenvalue weighted by Gasteiger charge is -2.37. The molecule has 0 N–H and O–H groups in total. The van der Waals surface area contributed by atoms with Crippen LogP contribution < -0.4 is 0 Å². The second kappa shape index (κ2) is 5.40. The van der Waals surface area contributed by atoms with E-state index in [1.165, 1.54) is 13.8 Å². The molecule has 3 nitrogen and oxygen atoms in total. The molecule has 1 saturated heterocycles. The lowest BCUT2D eigenvalue weighted by Crippen LogP contribution is -2.62. The van der Waals surface area contributed by atoms with Crippen molar-refractivity contribution in [2.24, 2.45) is 0 Å². The Kier molecular flexibility index (Phi) is 4.67. The molecule has 0 aromatic carbocycles. The van der Waals surface area contributed by atoms with Gasteiger partial charge in [-0.2, -0.15) is 13.2 Å². The van der Waals surface area contributed by atoms with Crippen LogP contribution in [-0.2, 0) is 10.0 Å². The number of Topliss-reactive ketones (excluding diaryl/α,β-unsaturated/α-hetero) is 1. The molecular formula is C13H21F3NO2. The van der Waals surface area contributed by atoms with Crippen molar-refractivity contribution in [1.82, 2.24) is 5.06 Å². The summed E-state index contributed by atoms with van der Waals surface area (Å²) in [7, 11) is 0. The van der Waals surface area contributed by atoms with Crippen LogP contribution >= 0.6 is 0 Å². The van der Waals surface area contributed by atoms with Crippen molar-refractivity contribution in [1.29, 1.82) is 0 Å². The van der Waals surface area contributed by atoms with Crippen LogP contribution in [0.1, 0.15) is 59.3 Å². The van der Waals surface area contributed by atoms with E-state index < -0.39 is 29.5 Å². The number of hydrogen-bond acceptors (Lipinski definition) is 2. The molecule has 0 aliphatic carbocycles. The fourth-order valence-electron chi connectivity index (χ4n) is 2.62. The summed E-state index contributed by atoms with van der Waals surface area (Å²) in [5.41, 5.74) is -3.97. The van der Waals surface area contributed by atoms with E-state index in [4.69, 9.17) is 0 Å². The van der Waals surface area contributed by atoms with Crippen LogP contribution in [0.5, 0.6) is 0 Å². The largest absolute Gasteiger partial charge is 0.416 e. The van der Waals surface area contributed by atoms with Crippen molar-refractivity contribution in [2.45, 2.75) is 76.6 Å². The van der Waals surface area contributed by atoms with Gasteiger partial charge in [-0.25, -0.2) is 0 Å². The molecule has 0 aromatic heterocycles. The van der Waals surface area contributed by atoms with Crippen molar-refractivity contribution < 1.29 is 23.2 Å². The number of halogens is 3. The fourth-order valence-corrected chi connectivity index (χ4v) is 2.62. The van der Waals surface area contributed by atoms with Gasteiger partial charge < -0.3 is 0 Å². The number of ketones is 1. The van der Waals surface area contributed by atoms with Crippen LogP contribution in [0.25, 0.3) is 0 Å². The number of alkyl halides is 3. The summed E-state index contributed by atoms with van der Waals surface area (Å²) in [5.74, 6) is -0.978. The molecule has 1 aliphatic rings. The molecule has 0 bridgehead atoms. The number of carbonyl (C=O) groups is 1. The van der Waals surface area contributed by atoms with Gasteiger partial charge >= 0.3 is 6.18 Å². The Balaban J connectivity index is 3.00. The molecule has 1 rings (SSSR count). The van der Waals surface area contributed by atoms with Gasteiger partial charge in [0.05, 0.1) is 0 Å². The highest BCUT2D eigenvalue weighted by Crippen LogP contribution is 2.49. The van der Waals surface area contributed by atoms with Crippen molar-refractivity contribution in [3.63, 3.8) is 0 Å². The molecule has 0 amide bonds. The van der Waals surface area contributed by atoms with Crippen LogP contribution in [0.3, 0.4) is 0 Å². The maximum Gasteiger partial charge on any atom is 0.416 e. The molecular weight excluding hydrogens is 259 g/mol. The Hall–Kier alpha value is -0.620. The maximum atomic E-state index is 13.3. The van der Waals surface area contributed by atoms with Crippen LogP contribution in [-0.4, -0.2) is 28.1 Å². The van der Waals surface area contributed by atoms with E-state index in [2.05, 4.69) is 0 Å². The first-order valence-electron chi connectivity index (χ1n) is 6.67. The van der Waals surface area contributed by atoms with Crippen molar-refractivity contribution in [2.75, 3.05) is 0 Å². The van der Waals surface area contributed by atoms with E-state index in [1.54, 1.807) is 0 Å². The highest BCUT2D eigenvalue weighted by Gasteiger charge is 2.69. The first kappa shape index (κ1) is 16.4. The Bertz CT molecular complexity index is 341. The Morgan fingerprint density at radius 3 is 2.16 bits per heavy atom. The predicted molar refractivity (Wildman–Crippen MR) is 63.8 cm³/mol. The van der Waals surface area contributed by atoms with E-state index in [0.29, 0.717) is 12.8 Å². The summed E-state index contributed by atoms with van der Waals surface area (Å²) in [6, 6.07) is 0. The summed E-state index contributed by atoms with van der Waals surface area (Å²) in [4.78, 5) is 12.0. The minimum absolute atomic E-state index is 0.00568. The summed E-state index contributed by atoms with van der Waals surface area (Å²) in [6.07, 6.45) is -3.43. The lowest BCUT2D eigenvalue weighted by atomic mass is 9.88. The monoisotopic (exact) mass is 280 g/mol. The average Bonchev–Trinajstić information content (AvgIpc) is 2.51. The molecule has 0 saturated carbocycles. The van der Waals surface area contributed by atoms with Gasteiger partial charge in [-0.3, -0.25) is 4.79 Å². The molecule has 1 fully saturated rings. The summed E-state index contributed by atoms with van der Waals surface area (Å²) < 4.78 is 39.9.